The summed E-state index contributed by atoms with van der Waals surface area (Å²) in [5.41, 5.74) is 5.07. The van der Waals surface area contributed by atoms with Crippen molar-refractivity contribution in [1.82, 2.24) is 0 Å². The lowest BCUT2D eigenvalue weighted by Crippen LogP contribution is -1.96. The lowest BCUT2D eigenvalue weighted by atomic mass is 9.89. The van der Waals surface area contributed by atoms with Gasteiger partial charge in [0.05, 0.1) is 0 Å². The Balaban J connectivity index is 2.15. The van der Waals surface area contributed by atoms with Crippen molar-refractivity contribution in [2.45, 2.75) is 46.5 Å². The molecular weight excluding hydrogens is 352 g/mol. The highest BCUT2D eigenvalue weighted by atomic mass is 16.4. The van der Waals surface area contributed by atoms with Crippen molar-refractivity contribution < 1.29 is 19.4 Å². The molecule has 0 spiro atoms. The molecule has 0 saturated carbocycles. The van der Waals surface area contributed by atoms with Crippen LogP contribution in [-0.4, -0.2) is 16.2 Å². The predicted octanol–water partition coefficient (Wildman–Crippen LogP) is 6.54. The molecule has 3 rings (SSSR count). The third-order valence-corrected chi connectivity index (χ3v) is 5.01. The van der Waals surface area contributed by atoms with Gasteiger partial charge in [-0.05, 0) is 65.3 Å². The summed E-state index contributed by atoms with van der Waals surface area (Å²) >= 11 is 0. The Morgan fingerprint density at radius 1 is 1.04 bits per heavy atom. The smallest absolute Gasteiger partial charge is 0.328 e. The summed E-state index contributed by atoms with van der Waals surface area (Å²) in [5.74, 6) is 0.396. The molecule has 0 unspecified atom stereocenters. The molecule has 2 N–H and O–H groups in total. The van der Waals surface area contributed by atoms with E-state index in [9.17, 15) is 9.90 Å². The standard InChI is InChI=1S/C24H26O4/c1-13(2)17-10-19(14(3)4)24(27)20(11-17)16-6-7-21-18(9-16)12-22(28-21)15(5)8-23(25)26/h6-14,27H,1-5H3,(H,25,26)/b15-8+. The third-order valence-electron chi connectivity index (χ3n) is 5.01. The van der Waals surface area contributed by atoms with E-state index in [2.05, 4.69) is 33.8 Å². The number of phenolic OH excluding ortho intramolecular Hbond substituents is 1. The Bertz CT molecular complexity index is 1070. The number of phenols is 1. The Labute approximate surface area is 165 Å². The van der Waals surface area contributed by atoms with E-state index in [0.717, 1.165) is 28.2 Å². The molecule has 146 valence electrons. The summed E-state index contributed by atoms with van der Waals surface area (Å²) in [6.07, 6.45) is 1.13. The number of benzene rings is 2. The van der Waals surface area contributed by atoms with Gasteiger partial charge in [0.2, 0.25) is 0 Å². The molecule has 0 bridgehead atoms. The molecule has 0 radical (unpaired) electrons. The number of carbonyl (C=O) groups is 1. The molecular formula is C24H26O4. The van der Waals surface area contributed by atoms with Gasteiger partial charge >= 0.3 is 5.97 Å². The molecule has 0 atom stereocenters. The topological polar surface area (TPSA) is 70.7 Å². The highest BCUT2D eigenvalue weighted by molar-refractivity contribution is 5.92. The monoisotopic (exact) mass is 378 g/mol. The molecule has 0 aliphatic carbocycles. The number of allylic oxidation sites excluding steroid dienone is 1. The van der Waals surface area contributed by atoms with Gasteiger partial charge in [0.1, 0.15) is 17.1 Å². The van der Waals surface area contributed by atoms with E-state index in [1.165, 1.54) is 5.56 Å². The van der Waals surface area contributed by atoms with Crippen LogP contribution in [0.2, 0.25) is 0 Å². The first-order valence-corrected chi connectivity index (χ1v) is 9.49. The Hall–Kier alpha value is -3.01. The van der Waals surface area contributed by atoms with Gasteiger partial charge in [-0.15, -0.1) is 0 Å². The van der Waals surface area contributed by atoms with Crippen molar-refractivity contribution in [1.29, 1.82) is 0 Å². The minimum atomic E-state index is -1.00. The second-order valence-electron chi connectivity index (χ2n) is 7.84. The Morgan fingerprint density at radius 3 is 2.36 bits per heavy atom. The second kappa shape index (κ2) is 7.55. The van der Waals surface area contributed by atoms with Crippen LogP contribution in [0.25, 0.3) is 27.7 Å². The molecule has 28 heavy (non-hydrogen) atoms. The van der Waals surface area contributed by atoms with E-state index in [1.807, 2.05) is 30.3 Å². The number of carboxylic acid groups (broad SMARTS) is 1. The van der Waals surface area contributed by atoms with Crippen LogP contribution in [-0.2, 0) is 4.79 Å². The third kappa shape index (κ3) is 3.81. The fourth-order valence-corrected chi connectivity index (χ4v) is 3.34. The van der Waals surface area contributed by atoms with Gasteiger partial charge in [-0.1, -0.05) is 39.8 Å². The normalized spacial score (nSPS) is 12.3. The largest absolute Gasteiger partial charge is 0.507 e. The maximum absolute atomic E-state index is 10.9. The van der Waals surface area contributed by atoms with Gasteiger partial charge in [-0.3, -0.25) is 0 Å². The SMILES string of the molecule is C/C(=C\C(=O)O)c1cc2cc(-c3cc(C(C)C)cc(C(C)C)c3O)ccc2o1. The molecule has 1 aromatic heterocycles. The van der Waals surface area contributed by atoms with E-state index in [1.54, 1.807) is 6.92 Å². The lowest BCUT2D eigenvalue weighted by Gasteiger charge is -2.17. The van der Waals surface area contributed by atoms with Crippen molar-refractivity contribution >= 4 is 22.5 Å². The molecule has 4 heteroatoms. The number of aromatic hydroxyl groups is 1. The van der Waals surface area contributed by atoms with Crippen LogP contribution in [0.1, 0.15) is 63.3 Å². The van der Waals surface area contributed by atoms with Crippen molar-refractivity contribution in [3.63, 3.8) is 0 Å². The summed E-state index contributed by atoms with van der Waals surface area (Å²) in [6.45, 7) is 10.1. The Kier molecular flexibility index (Phi) is 5.32. The molecule has 2 aromatic carbocycles. The lowest BCUT2D eigenvalue weighted by molar-refractivity contribution is -0.131. The van der Waals surface area contributed by atoms with Crippen molar-refractivity contribution in [2.24, 2.45) is 0 Å². The summed E-state index contributed by atoms with van der Waals surface area (Å²) in [4.78, 5) is 10.9. The Morgan fingerprint density at radius 2 is 1.75 bits per heavy atom. The second-order valence-corrected chi connectivity index (χ2v) is 7.84. The van der Waals surface area contributed by atoms with Crippen LogP contribution in [0.15, 0.2) is 46.9 Å². The maximum atomic E-state index is 10.9. The van der Waals surface area contributed by atoms with Crippen molar-refractivity contribution in [3.8, 4) is 16.9 Å². The van der Waals surface area contributed by atoms with E-state index in [-0.39, 0.29) is 5.92 Å². The highest BCUT2D eigenvalue weighted by Gasteiger charge is 2.17. The van der Waals surface area contributed by atoms with Crippen molar-refractivity contribution in [3.05, 3.63) is 59.4 Å². The number of rotatable bonds is 5. The van der Waals surface area contributed by atoms with Gasteiger partial charge in [0, 0.05) is 17.0 Å². The number of fused-ring (bicyclic) bond motifs is 1. The van der Waals surface area contributed by atoms with E-state index in [4.69, 9.17) is 9.52 Å². The van der Waals surface area contributed by atoms with Crippen LogP contribution in [0.4, 0.5) is 0 Å². The van der Waals surface area contributed by atoms with Gasteiger partial charge in [0.25, 0.3) is 0 Å². The minimum Gasteiger partial charge on any atom is -0.507 e. The number of furan rings is 1. The van der Waals surface area contributed by atoms with Crippen LogP contribution >= 0.6 is 0 Å². The fraction of sp³-hybridized carbons (Fsp3) is 0.292. The van der Waals surface area contributed by atoms with Gasteiger partial charge in [-0.2, -0.15) is 0 Å². The predicted molar refractivity (Wildman–Crippen MR) is 113 cm³/mol. The molecule has 0 aliphatic rings. The molecule has 0 saturated heterocycles. The maximum Gasteiger partial charge on any atom is 0.328 e. The molecule has 1 heterocycles. The number of hydrogen-bond donors (Lipinski definition) is 2. The minimum absolute atomic E-state index is 0.213. The molecule has 0 aliphatic heterocycles. The van der Waals surface area contributed by atoms with Gasteiger partial charge in [-0.25, -0.2) is 4.79 Å². The highest BCUT2D eigenvalue weighted by Crippen LogP contribution is 2.40. The zero-order chi connectivity index (χ0) is 20.6. The number of aliphatic carboxylic acids is 1. The van der Waals surface area contributed by atoms with Crippen molar-refractivity contribution in [2.75, 3.05) is 0 Å². The van der Waals surface area contributed by atoms with Gasteiger partial charge in [0.15, 0.2) is 0 Å². The van der Waals surface area contributed by atoms with Gasteiger partial charge < -0.3 is 14.6 Å². The summed E-state index contributed by atoms with van der Waals surface area (Å²) in [6, 6.07) is 11.7. The number of hydrogen-bond acceptors (Lipinski definition) is 3. The molecule has 0 fully saturated rings. The van der Waals surface area contributed by atoms with Crippen LogP contribution < -0.4 is 0 Å². The average Bonchev–Trinajstić information content (AvgIpc) is 3.04. The average molecular weight is 378 g/mol. The van der Waals surface area contributed by atoms with E-state index < -0.39 is 5.97 Å². The van der Waals surface area contributed by atoms with Crippen LogP contribution in [0, 0.1) is 0 Å². The summed E-state index contributed by atoms with van der Waals surface area (Å²) < 4.78 is 5.78. The summed E-state index contributed by atoms with van der Waals surface area (Å²) in [5, 5.41) is 20.7. The zero-order valence-corrected chi connectivity index (χ0v) is 16.9. The first kappa shape index (κ1) is 19.7. The molecule has 3 aromatic rings. The first-order valence-electron chi connectivity index (χ1n) is 9.49. The van der Waals surface area contributed by atoms with Crippen LogP contribution in [0.3, 0.4) is 0 Å². The zero-order valence-electron chi connectivity index (χ0n) is 16.9. The number of carboxylic acids is 1. The quantitative estimate of drug-likeness (QED) is 0.495. The fourth-order valence-electron chi connectivity index (χ4n) is 3.34. The van der Waals surface area contributed by atoms with Crippen LogP contribution in [0.5, 0.6) is 5.75 Å². The summed E-state index contributed by atoms with van der Waals surface area (Å²) in [7, 11) is 0. The molecule has 0 amide bonds. The molecule has 4 nitrogen and oxygen atoms in total. The van der Waals surface area contributed by atoms with E-state index >= 15 is 0 Å². The van der Waals surface area contributed by atoms with E-state index in [0.29, 0.717) is 28.6 Å². The first-order chi connectivity index (χ1) is 13.2.